The molecule has 0 aliphatic rings. The summed E-state index contributed by atoms with van der Waals surface area (Å²) in [6.45, 7) is 0. The van der Waals surface area contributed by atoms with Crippen LogP contribution in [0.25, 0.3) is 11.0 Å². The van der Waals surface area contributed by atoms with Crippen LogP contribution in [0.3, 0.4) is 0 Å². The van der Waals surface area contributed by atoms with Gasteiger partial charge in [0.25, 0.3) is 0 Å². The molecule has 0 aliphatic carbocycles. The highest BCUT2D eigenvalue weighted by molar-refractivity contribution is 6.34. The molecule has 2 N–H and O–H groups in total. The van der Waals surface area contributed by atoms with Crippen molar-refractivity contribution in [3.05, 3.63) is 29.0 Å². The predicted octanol–water partition coefficient (Wildman–Crippen LogP) is 1.91. The second-order valence-electron chi connectivity index (χ2n) is 2.52. The standard InChI is InChI=1S/C8H5ClN2O2/c9-7-5(8(12)13)6-4(11-7)2-1-3-10-6/h1-3,11H,(H,12,13). The van der Waals surface area contributed by atoms with Crippen molar-refractivity contribution in [2.45, 2.75) is 0 Å². The van der Waals surface area contributed by atoms with Crippen LogP contribution in [0, 0.1) is 0 Å². The van der Waals surface area contributed by atoms with E-state index in [1.807, 2.05) is 0 Å². The number of aromatic nitrogens is 2. The van der Waals surface area contributed by atoms with Gasteiger partial charge in [0, 0.05) is 6.20 Å². The van der Waals surface area contributed by atoms with E-state index in [0.717, 1.165) is 0 Å². The van der Waals surface area contributed by atoms with Gasteiger partial charge in [0.05, 0.1) is 5.52 Å². The van der Waals surface area contributed by atoms with Crippen molar-refractivity contribution in [1.29, 1.82) is 0 Å². The number of carboxylic acid groups (broad SMARTS) is 1. The molecule has 5 heteroatoms. The van der Waals surface area contributed by atoms with Crippen molar-refractivity contribution in [1.82, 2.24) is 9.97 Å². The number of carbonyl (C=O) groups is 1. The van der Waals surface area contributed by atoms with Gasteiger partial charge in [-0.25, -0.2) is 4.79 Å². The lowest BCUT2D eigenvalue weighted by Gasteiger charge is -1.89. The summed E-state index contributed by atoms with van der Waals surface area (Å²) in [6, 6.07) is 3.43. The smallest absolute Gasteiger partial charge is 0.341 e. The Morgan fingerprint density at radius 1 is 1.62 bits per heavy atom. The average Bonchev–Trinajstić information content (AvgIpc) is 2.39. The third-order valence-corrected chi connectivity index (χ3v) is 2.01. The van der Waals surface area contributed by atoms with Gasteiger partial charge in [-0.1, -0.05) is 11.6 Å². The minimum absolute atomic E-state index is 0.0252. The van der Waals surface area contributed by atoms with Crippen molar-refractivity contribution in [3.8, 4) is 0 Å². The predicted molar refractivity (Wildman–Crippen MR) is 48.1 cm³/mol. The Morgan fingerprint density at radius 3 is 3.08 bits per heavy atom. The zero-order chi connectivity index (χ0) is 9.42. The van der Waals surface area contributed by atoms with Crippen LogP contribution in [-0.2, 0) is 0 Å². The number of H-pyrrole nitrogens is 1. The number of aromatic amines is 1. The largest absolute Gasteiger partial charge is 0.478 e. The first-order chi connectivity index (χ1) is 6.20. The van der Waals surface area contributed by atoms with Gasteiger partial charge in [0.15, 0.2) is 0 Å². The molecular formula is C8H5ClN2O2. The summed E-state index contributed by atoms with van der Waals surface area (Å²) in [5, 5.41) is 8.92. The summed E-state index contributed by atoms with van der Waals surface area (Å²) >= 11 is 5.69. The maximum atomic E-state index is 10.8. The second-order valence-corrected chi connectivity index (χ2v) is 2.90. The topological polar surface area (TPSA) is 66.0 Å². The molecule has 4 nitrogen and oxygen atoms in total. The normalized spacial score (nSPS) is 10.5. The van der Waals surface area contributed by atoms with Crippen LogP contribution < -0.4 is 0 Å². The van der Waals surface area contributed by atoms with Crippen molar-refractivity contribution in [2.75, 3.05) is 0 Å². The first-order valence-electron chi connectivity index (χ1n) is 3.55. The molecule has 2 aromatic rings. The zero-order valence-corrected chi connectivity index (χ0v) is 7.17. The number of aromatic carboxylic acids is 1. The van der Waals surface area contributed by atoms with Crippen molar-refractivity contribution in [3.63, 3.8) is 0 Å². The van der Waals surface area contributed by atoms with Gasteiger partial charge < -0.3 is 10.1 Å². The molecule has 2 rings (SSSR count). The third-order valence-electron chi connectivity index (χ3n) is 1.72. The fraction of sp³-hybridized carbons (Fsp3) is 0. The SMILES string of the molecule is O=C(O)c1c(Cl)[nH]c2cccnc12. The molecule has 0 bridgehead atoms. The second kappa shape index (κ2) is 2.74. The molecule has 66 valence electrons. The molecule has 0 spiro atoms. The highest BCUT2D eigenvalue weighted by Crippen LogP contribution is 2.23. The molecule has 0 fully saturated rings. The van der Waals surface area contributed by atoms with Gasteiger partial charge in [-0.15, -0.1) is 0 Å². The Morgan fingerprint density at radius 2 is 2.38 bits per heavy atom. The summed E-state index contributed by atoms with van der Waals surface area (Å²) in [7, 11) is 0. The molecule has 0 amide bonds. The van der Waals surface area contributed by atoms with E-state index in [-0.39, 0.29) is 10.7 Å². The van der Waals surface area contributed by atoms with E-state index in [1.165, 1.54) is 6.20 Å². The van der Waals surface area contributed by atoms with Crippen molar-refractivity contribution in [2.24, 2.45) is 0 Å². The van der Waals surface area contributed by atoms with Crippen molar-refractivity contribution >= 4 is 28.6 Å². The molecule has 0 aromatic carbocycles. The summed E-state index contributed by atoms with van der Waals surface area (Å²) in [4.78, 5) is 17.4. The van der Waals surface area contributed by atoms with Crippen LogP contribution >= 0.6 is 11.6 Å². The van der Waals surface area contributed by atoms with Gasteiger partial charge in [-0.2, -0.15) is 0 Å². The monoisotopic (exact) mass is 196 g/mol. The number of pyridine rings is 1. The van der Waals surface area contributed by atoms with Crippen molar-refractivity contribution < 1.29 is 9.90 Å². The van der Waals surface area contributed by atoms with Crippen LogP contribution in [0.15, 0.2) is 18.3 Å². The fourth-order valence-electron chi connectivity index (χ4n) is 1.19. The molecule has 0 atom stereocenters. The first kappa shape index (κ1) is 8.07. The Bertz CT molecular complexity index is 478. The van der Waals surface area contributed by atoms with Gasteiger partial charge in [0.2, 0.25) is 0 Å². The molecule has 2 heterocycles. The molecule has 0 unspecified atom stereocenters. The van der Waals surface area contributed by atoms with Crippen LogP contribution in [0.2, 0.25) is 5.15 Å². The Labute approximate surface area is 78.2 Å². The summed E-state index contributed by atoms with van der Waals surface area (Å²) < 4.78 is 0. The summed E-state index contributed by atoms with van der Waals surface area (Å²) in [5.41, 5.74) is 1.04. The van der Waals surface area contributed by atoms with Crippen LogP contribution in [-0.4, -0.2) is 21.0 Å². The highest BCUT2D eigenvalue weighted by atomic mass is 35.5. The first-order valence-corrected chi connectivity index (χ1v) is 3.93. The Kier molecular flexibility index (Phi) is 1.70. The Balaban J connectivity index is 2.86. The molecule has 0 radical (unpaired) electrons. The molecular weight excluding hydrogens is 192 g/mol. The molecule has 0 saturated heterocycles. The van der Waals surface area contributed by atoms with E-state index in [9.17, 15) is 4.79 Å². The number of hydrogen-bond acceptors (Lipinski definition) is 2. The van der Waals surface area contributed by atoms with Gasteiger partial charge in [-0.3, -0.25) is 4.98 Å². The number of fused-ring (bicyclic) bond motifs is 1. The maximum Gasteiger partial charge on any atom is 0.341 e. The van der Waals surface area contributed by atoms with Crippen LogP contribution in [0.1, 0.15) is 10.4 Å². The van der Waals surface area contributed by atoms with E-state index < -0.39 is 5.97 Å². The maximum absolute atomic E-state index is 10.8. The number of rotatable bonds is 1. The average molecular weight is 197 g/mol. The molecule has 2 aromatic heterocycles. The van der Waals surface area contributed by atoms with Crippen LogP contribution in [0.5, 0.6) is 0 Å². The lowest BCUT2D eigenvalue weighted by Crippen LogP contribution is -1.95. The van der Waals surface area contributed by atoms with E-state index >= 15 is 0 Å². The molecule has 13 heavy (non-hydrogen) atoms. The third kappa shape index (κ3) is 1.15. The van der Waals surface area contributed by atoms with E-state index in [2.05, 4.69) is 9.97 Å². The highest BCUT2D eigenvalue weighted by Gasteiger charge is 2.16. The summed E-state index contributed by atoms with van der Waals surface area (Å²) in [5.74, 6) is -1.07. The summed E-state index contributed by atoms with van der Waals surface area (Å²) in [6.07, 6.45) is 1.53. The van der Waals surface area contributed by atoms with Crippen LogP contribution in [0.4, 0.5) is 0 Å². The number of nitrogens with zero attached hydrogens (tertiary/aromatic N) is 1. The van der Waals surface area contributed by atoms with E-state index in [4.69, 9.17) is 16.7 Å². The minimum atomic E-state index is -1.07. The lowest BCUT2D eigenvalue weighted by atomic mass is 10.3. The number of hydrogen-bond donors (Lipinski definition) is 2. The van der Waals surface area contributed by atoms with Gasteiger partial charge in [-0.05, 0) is 12.1 Å². The zero-order valence-electron chi connectivity index (χ0n) is 6.41. The fourth-order valence-corrected chi connectivity index (χ4v) is 1.46. The molecule has 0 saturated carbocycles. The molecule has 0 aliphatic heterocycles. The number of halogens is 1. The number of nitrogens with one attached hydrogen (secondary N) is 1. The lowest BCUT2D eigenvalue weighted by molar-refractivity contribution is 0.0699. The van der Waals surface area contributed by atoms with E-state index in [0.29, 0.717) is 11.0 Å². The van der Waals surface area contributed by atoms with Gasteiger partial charge in [0.1, 0.15) is 16.2 Å². The minimum Gasteiger partial charge on any atom is -0.478 e. The number of carboxylic acids is 1. The van der Waals surface area contributed by atoms with E-state index in [1.54, 1.807) is 12.1 Å². The Hall–Kier alpha value is -1.55. The quantitative estimate of drug-likeness (QED) is 0.732. The van der Waals surface area contributed by atoms with Gasteiger partial charge >= 0.3 is 5.97 Å².